The van der Waals surface area contributed by atoms with Gasteiger partial charge in [0.1, 0.15) is 5.76 Å². The number of hydrogen-bond donors (Lipinski definition) is 1. The monoisotopic (exact) mass is 272 g/mol. The summed E-state index contributed by atoms with van der Waals surface area (Å²) in [7, 11) is -3.15. The quantitative estimate of drug-likeness (QED) is 0.849. The van der Waals surface area contributed by atoms with E-state index in [9.17, 15) is 8.42 Å². The topological polar surface area (TPSA) is 62.6 Å². The summed E-state index contributed by atoms with van der Waals surface area (Å²) in [5.41, 5.74) is 0. The highest BCUT2D eigenvalue weighted by molar-refractivity contribution is 7.89. The van der Waals surface area contributed by atoms with Crippen molar-refractivity contribution >= 4 is 10.0 Å². The van der Waals surface area contributed by atoms with Crippen LogP contribution in [0.4, 0.5) is 0 Å². The van der Waals surface area contributed by atoms with Crippen molar-refractivity contribution < 1.29 is 12.8 Å². The van der Waals surface area contributed by atoms with Crippen LogP contribution < -0.4 is 4.72 Å². The van der Waals surface area contributed by atoms with E-state index < -0.39 is 10.0 Å². The fourth-order valence-electron chi connectivity index (χ4n) is 2.25. The normalized spacial score (nSPS) is 19.2. The van der Waals surface area contributed by atoms with Crippen LogP contribution in [0.2, 0.25) is 0 Å². The summed E-state index contributed by atoms with van der Waals surface area (Å²) in [5, 5.41) is 0. The lowest BCUT2D eigenvalue weighted by molar-refractivity contribution is 0.216. The van der Waals surface area contributed by atoms with Crippen LogP contribution in [0.5, 0.6) is 0 Å². The number of sulfonamides is 1. The number of hydrogen-bond acceptors (Lipinski definition) is 4. The SMILES string of the molecule is CCS(=O)(=O)NCC(c1ccco1)N1CCCC1. The lowest BCUT2D eigenvalue weighted by Crippen LogP contribution is -2.37. The van der Waals surface area contributed by atoms with Gasteiger partial charge in [-0.1, -0.05) is 0 Å². The molecule has 1 aliphatic heterocycles. The molecule has 1 N–H and O–H groups in total. The van der Waals surface area contributed by atoms with Crippen LogP contribution in [0.15, 0.2) is 22.8 Å². The first-order chi connectivity index (χ1) is 8.62. The predicted molar refractivity (Wildman–Crippen MR) is 69.7 cm³/mol. The van der Waals surface area contributed by atoms with E-state index in [4.69, 9.17) is 4.42 Å². The van der Waals surface area contributed by atoms with Gasteiger partial charge in [-0.25, -0.2) is 13.1 Å². The molecular weight excluding hydrogens is 252 g/mol. The Morgan fingerprint density at radius 2 is 2.17 bits per heavy atom. The maximum atomic E-state index is 11.5. The van der Waals surface area contributed by atoms with Crippen LogP contribution in [0, 0.1) is 0 Å². The number of rotatable bonds is 6. The fraction of sp³-hybridized carbons (Fsp3) is 0.667. The van der Waals surface area contributed by atoms with E-state index in [1.54, 1.807) is 13.2 Å². The molecule has 1 atom stereocenters. The molecule has 2 heterocycles. The minimum atomic E-state index is -3.15. The minimum absolute atomic E-state index is 0.00354. The van der Waals surface area contributed by atoms with Crippen LogP contribution in [0.25, 0.3) is 0 Å². The molecule has 5 nitrogen and oxygen atoms in total. The molecule has 1 aromatic heterocycles. The van der Waals surface area contributed by atoms with Gasteiger partial charge in [-0.2, -0.15) is 0 Å². The standard InChI is InChI=1S/C12H20N2O3S/c1-2-18(15,16)13-10-11(12-6-5-9-17-12)14-7-3-4-8-14/h5-6,9,11,13H,2-4,7-8,10H2,1H3. The van der Waals surface area contributed by atoms with Crippen molar-refractivity contribution in [3.05, 3.63) is 24.2 Å². The van der Waals surface area contributed by atoms with Crippen LogP contribution in [0.1, 0.15) is 31.6 Å². The van der Waals surface area contributed by atoms with E-state index in [0.717, 1.165) is 31.7 Å². The number of furan rings is 1. The first-order valence-electron chi connectivity index (χ1n) is 6.37. The highest BCUT2D eigenvalue weighted by Gasteiger charge is 2.26. The Balaban J connectivity index is 2.06. The third kappa shape index (κ3) is 3.34. The van der Waals surface area contributed by atoms with E-state index in [2.05, 4.69) is 9.62 Å². The number of nitrogens with zero attached hydrogens (tertiary/aromatic N) is 1. The Bertz CT molecular complexity index is 450. The van der Waals surface area contributed by atoms with E-state index in [-0.39, 0.29) is 11.8 Å². The van der Waals surface area contributed by atoms with Gasteiger partial charge in [0.25, 0.3) is 0 Å². The third-order valence-electron chi connectivity index (χ3n) is 3.33. The van der Waals surface area contributed by atoms with Crippen molar-refractivity contribution in [2.75, 3.05) is 25.4 Å². The Hall–Kier alpha value is -0.850. The van der Waals surface area contributed by atoms with Gasteiger partial charge < -0.3 is 4.42 Å². The molecule has 0 aromatic carbocycles. The van der Waals surface area contributed by atoms with Gasteiger partial charge in [-0.15, -0.1) is 0 Å². The zero-order valence-corrected chi connectivity index (χ0v) is 11.4. The maximum absolute atomic E-state index is 11.5. The Morgan fingerprint density at radius 3 is 2.72 bits per heavy atom. The van der Waals surface area contributed by atoms with Crippen LogP contribution in [-0.2, 0) is 10.0 Å². The summed E-state index contributed by atoms with van der Waals surface area (Å²) in [5.74, 6) is 0.938. The van der Waals surface area contributed by atoms with Gasteiger partial charge in [0.2, 0.25) is 10.0 Å². The Morgan fingerprint density at radius 1 is 1.44 bits per heavy atom. The molecule has 1 aromatic rings. The van der Waals surface area contributed by atoms with Gasteiger partial charge in [-0.3, -0.25) is 4.90 Å². The van der Waals surface area contributed by atoms with Gasteiger partial charge in [0.15, 0.2) is 0 Å². The van der Waals surface area contributed by atoms with Crippen molar-refractivity contribution in [3.8, 4) is 0 Å². The molecular formula is C12H20N2O3S. The average molecular weight is 272 g/mol. The second-order valence-electron chi connectivity index (χ2n) is 4.53. The molecule has 6 heteroatoms. The lowest BCUT2D eigenvalue weighted by atomic mass is 10.2. The highest BCUT2D eigenvalue weighted by atomic mass is 32.2. The van der Waals surface area contributed by atoms with Gasteiger partial charge >= 0.3 is 0 Å². The van der Waals surface area contributed by atoms with E-state index in [1.165, 1.54) is 0 Å². The van der Waals surface area contributed by atoms with Crippen LogP contribution >= 0.6 is 0 Å². The van der Waals surface area contributed by atoms with Gasteiger partial charge in [0.05, 0.1) is 18.1 Å². The van der Waals surface area contributed by atoms with Gasteiger partial charge in [-0.05, 0) is 45.0 Å². The maximum Gasteiger partial charge on any atom is 0.211 e. The zero-order valence-electron chi connectivity index (χ0n) is 10.6. The molecule has 0 aliphatic carbocycles. The lowest BCUT2D eigenvalue weighted by Gasteiger charge is -2.25. The van der Waals surface area contributed by atoms with E-state index in [0.29, 0.717) is 6.54 Å². The second kappa shape index (κ2) is 5.86. The molecule has 1 saturated heterocycles. The summed E-state index contributed by atoms with van der Waals surface area (Å²) in [6, 6.07) is 3.75. The van der Waals surface area contributed by atoms with Crippen molar-refractivity contribution in [1.82, 2.24) is 9.62 Å². The zero-order chi connectivity index (χ0) is 13.0. The smallest absolute Gasteiger partial charge is 0.211 e. The molecule has 0 saturated carbocycles. The summed E-state index contributed by atoms with van der Waals surface area (Å²) in [6.07, 6.45) is 3.96. The summed E-state index contributed by atoms with van der Waals surface area (Å²) in [4.78, 5) is 2.27. The van der Waals surface area contributed by atoms with E-state index in [1.807, 2.05) is 12.1 Å². The molecule has 0 bridgehead atoms. The van der Waals surface area contributed by atoms with Crippen LogP contribution in [0.3, 0.4) is 0 Å². The van der Waals surface area contributed by atoms with E-state index >= 15 is 0 Å². The molecule has 1 unspecified atom stereocenters. The molecule has 102 valence electrons. The van der Waals surface area contributed by atoms with Gasteiger partial charge in [0, 0.05) is 6.54 Å². The summed E-state index contributed by atoms with van der Waals surface area (Å²) < 4.78 is 31.1. The first kappa shape index (κ1) is 13.6. The molecule has 0 spiro atoms. The minimum Gasteiger partial charge on any atom is -0.468 e. The Kier molecular flexibility index (Phi) is 4.42. The molecule has 1 aliphatic rings. The van der Waals surface area contributed by atoms with Crippen molar-refractivity contribution in [1.29, 1.82) is 0 Å². The molecule has 0 amide bonds. The summed E-state index contributed by atoms with van der Waals surface area (Å²) >= 11 is 0. The first-order valence-corrected chi connectivity index (χ1v) is 8.02. The van der Waals surface area contributed by atoms with Crippen LogP contribution in [-0.4, -0.2) is 38.7 Å². The third-order valence-corrected chi connectivity index (χ3v) is 4.70. The predicted octanol–water partition coefficient (Wildman–Crippen LogP) is 1.36. The second-order valence-corrected chi connectivity index (χ2v) is 6.62. The number of likely N-dealkylation sites (tertiary alicyclic amines) is 1. The van der Waals surface area contributed by atoms with Crippen molar-refractivity contribution in [2.45, 2.75) is 25.8 Å². The number of nitrogens with one attached hydrogen (secondary N) is 1. The molecule has 18 heavy (non-hydrogen) atoms. The van der Waals surface area contributed by atoms with Crippen molar-refractivity contribution in [2.24, 2.45) is 0 Å². The molecule has 1 fully saturated rings. The summed E-state index contributed by atoms with van der Waals surface area (Å²) in [6.45, 7) is 4.02. The van der Waals surface area contributed by atoms with Crippen molar-refractivity contribution in [3.63, 3.8) is 0 Å². The largest absolute Gasteiger partial charge is 0.468 e. The molecule has 2 rings (SSSR count). The molecule has 0 radical (unpaired) electrons. The Labute approximate surface area is 108 Å². The average Bonchev–Trinajstić information content (AvgIpc) is 3.01. The highest BCUT2D eigenvalue weighted by Crippen LogP contribution is 2.24. The fourth-order valence-corrected chi connectivity index (χ4v) is 2.87.